The molecular weight excluding hydrogens is 278 g/mol. The van der Waals surface area contributed by atoms with Gasteiger partial charge in [0.15, 0.2) is 0 Å². The average Bonchev–Trinajstić information content (AvgIpc) is 2.27. The summed E-state index contributed by atoms with van der Waals surface area (Å²) in [6, 6.07) is 8.41. The van der Waals surface area contributed by atoms with E-state index >= 15 is 0 Å². The van der Waals surface area contributed by atoms with Crippen molar-refractivity contribution in [1.29, 1.82) is 5.41 Å². The summed E-state index contributed by atoms with van der Waals surface area (Å²) in [5.74, 6) is 0.292. The Morgan fingerprint density at radius 1 is 1.29 bits per heavy atom. The molecule has 1 aromatic rings. The molecule has 0 aliphatic rings. The van der Waals surface area contributed by atoms with Gasteiger partial charge in [-0.2, -0.15) is 0 Å². The lowest BCUT2D eigenvalue weighted by atomic mass is 10.2. The zero-order chi connectivity index (χ0) is 12.7. The molecule has 0 aromatic heterocycles. The molecule has 0 radical (unpaired) electrons. The van der Waals surface area contributed by atoms with Crippen molar-refractivity contribution in [2.45, 2.75) is 25.8 Å². The molecule has 0 bridgehead atoms. The van der Waals surface area contributed by atoms with Gasteiger partial charge >= 0.3 is 0 Å². The van der Waals surface area contributed by atoms with E-state index in [9.17, 15) is 0 Å². The van der Waals surface area contributed by atoms with Crippen LogP contribution in [-0.2, 0) is 6.54 Å². The third kappa shape index (κ3) is 6.44. The highest BCUT2D eigenvalue weighted by Gasteiger charge is 2.00. The van der Waals surface area contributed by atoms with Crippen LogP contribution in [0.1, 0.15) is 24.8 Å². The van der Waals surface area contributed by atoms with Crippen LogP contribution in [0.3, 0.4) is 0 Å². The fourth-order valence-corrected chi connectivity index (χ4v) is 1.94. The minimum atomic E-state index is 0.292. The lowest BCUT2D eigenvalue weighted by Gasteiger charge is -2.16. The molecule has 0 saturated heterocycles. The van der Waals surface area contributed by atoms with E-state index in [1.165, 1.54) is 5.56 Å². The van der Waals surface area contributed by atoms with Gasteiger partial charge in [0.05, 0.1) is 5.84 Å². The first kappa shape index (κ1) is 14.2. The van der Waals surface area contributed by atoms with Gasteiger partial charge in [0.1, 0.15) is 0 Å². The molecule has 0 unspecified atom stereocenters. The Bertz CT molecular complexity index is 348. The highest BCUT2D eigenvalue weighted by Crippen LogP contribution is 2.12. The van der Waals surface area contributed by atoms with Crippen LogP contribution in [0.15, 0.2) is 28.7 Å². The first-order valence-electron chi connectivity index (χ1n) is 5.84. The molecule has 0 heterocycles. The van der Waals surface area contributed by atoms with Crippen molar-refractivity contribution in [3.05, 3.63) is 34.3 Å². The predicted octanol–water partition coefficient (Wildman–Crippen LogP) is 2.99. The van der Waals surface area contributed by atoms with E-state index in [0.29, 0.717) is 12.3 Å². The van der Waals surface area contributed by atoms with Crippen molar-refractivity contribution in [3.8, 4) is 0 Å². The molecule has 3 nitrogen and oxygen atoms in total. The maximum atomic E-state index is 7.14. The highest BCUT2D eigenvalue weighted by atomic mass is 79.9. The first-order valence-corrected chi connectivity index (χ1v) is 6.63. The first-order chi connectivity index (χ1) is 8.08. The third-order valence-electron chi connectivity index (χ3n) is 2.60. The molecule has 1 rings (SSSR count). The predicted molar refractivity (Wildman–Crippen MR) is 76.2 cm³/mol. The number of amidine groups is 1. The largest absolute Gasteiger partial charge is 0.388 e. The van der Waals surface area contributed by atoms with E-state index in [2.05, 4.69) is 52.1 Å². The summed E-state index contributed by atoms with van der Waals surface area (Å²) < 4.78 is 1.12. The lowest BCUT2D eigenvalue weighted by molar-refractivity contribution is 0.319. The number of benzene rings is 1. The Morgan fingerprint density at radius 2 is 1.94 bits per heavy atom. The summed E-state index contributed by atoms with van der Waals surface area (Å²) >= 11 is 3.43. The van der Waals surface area contributed by atoms with Crippen LogP contribution in [0, 0.1) is 5.41 Å². The van der Waals surface area contributed by atoms with E-state index < -0.39 is 0 Å². The zero-order valence-electron chi connectivity index (χ0n) is 10.2. The number of nitrogens with zero attached hydrogens (tertiary/aromatic N) is 1. The van der Waals surface area contributed by atoms with Gasteiger partial charge in [-0.05, 0) is 44.1 Å². The van der Waals surface area contributed by atoms with Crippen LogP contribution in [-0.4, -0.2) is 24.3 Å². The van der Waals surface area contributed by atoms with Gasteiger partial charge in [-0.15, -0.1) is 0 Å². The van der Waals surface area contributed by atoms with Crippen molar-refractivity contribution >= 4 is 21.8 Å². The van der Waals surface area contributed by atoms with Crippen LogP contribution in [0.25, 0.3) is 0 Å². The Hall–Kier alpha value is -0.870. The lowest BCUT2D eigenvalue weighted by Crippen LogP contribution is -2.19. The number of nitrogens with one attached hydrogen (secondary N) is 1. The monoisotopic (exact) mass is 297 g/mol. The van der Waals surface area contributed by atoms with Gasteiger partial charge in [-0.25, -0.2) is 0 Å². The highest BCUT2D eigenvalue weighted by molar-refractivity contribution is 9.10. The molecule has 17 heavy (non-hydrogen) atoms. The Labute approximate surface area is 112 Å². The molecule has 0 amide bonds. The summed E-state index contributed by atoms with van der Waals surface area (Å²) in [6.45, 7) is 2.01. The topological polar surface area (TPSA) is 53.1 Å². The van der Waals surface area contributed by atoms with Gasteiger partial charge in [0.2, 0.25) is 0 Å². The van der Waals surface area contributed by atoms with E-state index in [1.54, 1.807) is 0 Å². The van der Waals surface area contributed by atoms with Gasteiger partial charge in [-0.3, -0.25) is 5.41 Å². The number of unbranched alkanes of at least 4 members (excludes halogenated alkanes) is 1. The van der Waals surface area contributed by atoms with Gasteiger partial charge < -0.3 is 10.6 Å². The molecule has 0 aliphatic heterocycles. The van der Waals surface area contributed by atoms with Gasteiger partial charge in [0, 0.05) is 17.4 Å². The maximum Gasteiger partial charge on any atom is 0.0905 e. The van der Waals surface area contributed by atoms with E-state index in [-0.39, 0.29) is 0 Å². The van der Waals surface area contributed by atoms with Gasteiger partial charge in [-0.1, -0.05) is 28.1 Å². The van der Waals surface area contributed by atoms with Crippen LogP contribution in [0.4, 0.5) is 0 Å². The molecule has 3 N–H and O–H groups in total. The summed E-state index contributed by atoms with van der Waals surface area (Å²) in [5.41, 5.74) is 6.63. The van der Waals surface area contributed by atoms with Crippen LogP contribution in [0.2, 0.25) is 0 Å². The quantitative estimate of drug-likeness (QED) is 0.462. The van der Waals surface area contributed by atoms with Crippen LogP contribution < -0.4 is 5.73 Å². The van der Waals surface area contributed by atoms with Crippen LogP contribution in [0.5, 0.6) is 0 Å². The molecule has 4 heteroatoms. The van der Waals surface area contributed by atoms with E-state index in [0.717, 1.165) is 30.4 Å². The van der Waals surface area contributed by atoms with Crippen molar-refractivity contribution in [1.82, 2.24) is 4.90 Å². The second-order valence-electron chi connectivity index (χ2n) is 4.35. The van der Waals surface area contributed by atoms with Crippen molar-refractivity contribution in [3.63, 3.8) is 0 Å². The van der Waals surface area contributed by atoms with Crippen molar-refractivity contribution in [2.75, 3.05) is 13.6 Å². The maximum absolute atomic E-state index is 7.14. The second-order valence-corrected chi connectivity index (χ2v) is 5.26. The van der Waals surface area contributed by atoms with E-state index in [1.807, 2.05) is 0 Å². The number of hydrogen-bond acceptors (Lipinski definition) is 2. The fourth-order valence-electron chi connectivity index (χ4n) is 1.68. The molecule has 0 saturated carbocycles. The van der Waals surface area contributed by atoms with Crippen molar-refractivity contribution in [2.24, 2.45) is 5.73 Å². The normalized spacial score (nSPS) is 10.8. The SMILES string of the molecule is CN(CCCCC(=N)N)Cc1ccc(Br)cc1. The second kappa shape index (κ2) is 7.45. The van der Waals surface area contributed by atoms with E-state index in [4.69, 9.17) is 11.1 Å². The minimum absolute atomic E-state index is 0.292. The Morgan fingerprint density at radius 3 is 2.53 bits per heavy atom. The molecular formula is C13H20BrN3. The minimum Gasteiger partial charge on any atom is -0.388 e. The fraction of sp³-hybridized carbons (Fsp3) is 0.462. The van der Waals surface area contributed by atoms with Gasteiger partial charge in [0.25, 0.3) is 0 Å². The number of nitrogens with two attached hydrogens (primary N) is 1. The standard InChI is InChI=1S/C13H20BrN3/c1-17(9-3-2-4-13(15)16)10-11-5-7-12(14)8-6-11/h5-8H,2-4,9-10H2,1H3,(H3,15,16). The smallest absolute Gasteiger partial charge is 0.0905 e. The molecule has 0 fully saturated rings. The molecule has 0 spiro atoms. The van der Waals surface area contributed by atoms with Crippen LogP contribution >= 0.6 is 15.9 Å². The number of hydrogen-bond donors (Lipinski definition) is 2. The molecule has 0 atom stereocenters. The summed E-state index contributed by atoms with van der Waals surface area (Å²) in [5, 5.41) is 7.14. The summed E-state index contributed by atoms with van der Waals surface area (Å²) in [6.07, 6.45) is 2.80. The molecule has 0 aliphatic carbocycles. The molecule has 1 aromatic carbocycles. The van der Waals surface area contributed by atoms with Crippen molar-refractivity contribution < 1.29 is 0 Å². The third-order valence-corrected chi connectivity index (χ3v) is 3.13. The Kier molecular flexibility index (Phi) is 6.22. The zero-order valence-corrected chi connectivity index (χ0v) is 11.8. The average molecular weight is 298 g/mol. The summed E-state index contributed by atoms with van der Waals surface area (Å²) in [7, 11) is 2.12. The number of halogens is 1. The summed E-state index contributed by atoms with van der Waals surface area (Å²) in [4.78, 5) is 2.30. The number of rotatable bonds is 7. The Balaban J connectivity index is 2.22. The molecule has 94 valence electrons.